The number of aryl methyl sites for hydroxylation is 1. The van der Waals surface area contributed by atoms with Crippen LogP contribution in [0.25, 0.3) is 0 Å². The minimum atomic E-state index is -0.361. The number of hydrogen-bond donors (Lipinski definition) is 2. The van der Waals surface area contributed by atoms with Crippen LogP contribution >= 0.6 is 11.6 Å². The maximum absolute atomic E-state index is 13.6. The van der Waals surface area contributed by atoms with Crippen molar-refractivity contribution in [2.24, 2.45) is 0 Å². The Labute approximate surface area is 162 Å². The number of benzene rings is 2. The first-order valence-corrected chi connectivity index (χ1v) is 9.23. The Morgan fingerprint density at radius 2 is 2.19 bits per heavy atom. The Morgan fingerprint density at radius 1 is 1.33 bits per heavy atom. The van der Waals surface area contributed by atoms with E-state index < -0.39 is 0 Å². The van der Waals surface area contributed by atoms with Crippen molar-refractivity contribution in [1.82, 2.24) is 0 Å². The number of carbonyl (C=O) groups is 1. The molecule has 0 saturated carbocycles. The molecule has 0 spiro atoms. The topological polar surface area (TPSA) is 59.6 Å². The largest absolute Gasteiger partial charge is 0.489 e. The summed E-state index contributed by atoms with van der Waals surface area (Å²) < 4.78 is 25.0. The number of amides is 1. The van der Waals surface area contributed by atoms with Crippen LogP contribution in [0.5, 0.6) is 5.75 Å². The Balaban J connectivity index is 1.57. The van der Waals surface area contributed by atoms with Gasteiger partial charge in [0.15, 0.2) is 0 Å². The van der Waals surface area contributed by atoms with Crippen molar-refractivity contribution < 1.29 is 18.7 Å². The fourth-order valence-corrected chi connectivity index (χ4v) is 2.95. The molecule has 1 amide bonds. The van der Waals surface area contributed by atoms with Gasteiger partial charge in [-0.05, 0) is 55.7 Å². The van der Waals surface area contributed by atoms with Crippen molar-refractivity contribution in [1.29, 1.82) is 0 Å². The van der Waals surface area contributed by atoms with Gasteiger partial charge in [0.2, 0.25) is 5.91 Å². The summed E-state index contributed by atoms with van der Waals surface area (Å²) in [6.45, 7) is 2.87. The highest BCUT2D eigenvalue weighted by atomic mass is 35.5. The summed E-state index contributed by atoms with van der Waals surface area (Å²) in [4.78, 5) is 12.2. The van der Waals surface area contributed by atoms with Crippen molar-refractivity contribution in [2.45, 2.75) is 25.9 Å². The quantitative estimate of drug-likeness (QED) is 0.733. The third-order valence-electron chi connectivity index (χ3n) is 4.29. The molecule has 2 N–H and O–H groups in total. The van der Waals surface area contributed by atoms with Gasteiger partial charge in [-0.1, -0.05) is 17.7 Å². The molecule has 2 aromatic carbocycles. The fraction of sp³-hybridized carbons (Fsp3) is 0.350. The molecule has 1 aliphatic rings. The molecular formula is C20H22ClFN2O3. The van der Waals surface area contributed by atoms with Crippen LogP contribution in [-0.2, 0) is 9.53 Å². The van der Waals surface area contributed by atoms with Crippen molar-refractivity contribution >= 4 is 28.9 Å². The van der Waals surface area contributed by atoms with E-state index in [1.165, 1.54) is 6.07 Å². The lowest BCUT2D eigenvalue weighted by atomic mass is 10.2. The standard InChI is InChI=1S/C20H22ClFN2O3/c1-13-4-6-15(10-17(13)22)24-20(25)11-23-18-9-14(21)5-7-19(18)27-12-16-3-2-8-26-16/h4-7,9-10,16,23H,2-3,8,11-12H2,1H3,(H,24,25). The molecule has 0 bridgehead atoms. The van der Waals surface area contributed by atoms with Crippen molar-refractivity contribution in [3.63, 3.8) is 0 Å². The normalized spacial score (nSPS) is 16.2. The predicted molar refractivity (Wildman–Crippen MR) is 104 cm³/mol. The molecule has 0 radical (unpaired) electrons. The zero-order valence-corrected chi connectivity index (χ0v) is 15.8. The molecule has 0 aliphatic carbocycles. The monoisotopic (exact) mass is 392 g/mol. The molecule has 2 aromatic rings. The van der Waals surface area contributed by atoms with Crippen LogP contribution in [-0.4, -0.2) is 31.8 Å². The van der Waals surface area contributed by atoms with Crippen LogP contribution in [0.15, 0.2) is 36.4 Å². The van der Waals surface area contributed by atoms with E-state index >= 15 is 0 Å². The minimum Gasteiger partial charge on any atom is -0.489 e. The Morgan fingerprint density at radius 3 is 2.93 bits per heavy atom. The average Bonchev–Trinajstić information content (AvgIpc) is 3.16. The van der Waals surface area contributed by atoms with Crippen LogP contribution in [0.3, 0.4) is 0 Å². The number of ether oxygens (including phenoxy) is 2. The molecule has 1 heterocycles. The molecule has 1 atom stereocenters. The van der Waals surface area contributed by atoms with E-state index in [2.05, 4.69) is 10.6 Å². The van der Waals surface area contributed by atoms with Gasteiger partial charge >= 0.3 is 0 Å². The van der Waals surface area contributed by atoms with Gasteiger partial charge in [-0.25, -0.2) is 4.39 Å². The van der Waals surface area contributed by atoms with Crippen molar-refractivity contribution in [3.8, 4) is 5.75 Å². The van der Waals surface area contributed by atoms with E-state index in [4.69, 9.17) is 21.1 Å². The van der Waals surface area contributed by atoms with E-state index in [0.29, 0.717) is 34.3 Å². The summed E-state index contributed by atoms with van der Waals surface area (Å²) >= 11 is 6.06. The van der Waals surface area contributed by atoms with Gasteiger partial charge in [0.1, 0.15) is 18.2 Å². The number of anilines is 2. The molecular weight excluding hydrogens is 371 g/mol. The van der Waals surface area contributed by atoms with E-state index in [0.717, 1.165) is 19.4 Å². The van der Waals surface area contributed by atoms with Gasteiger partial charge in [0.05, 0.1) is 18.3 Å². The van der Waals surface area contributed by atoms with Crippen molar-refractivity contribution in [3.05, 3.63) is 52.8 Å². The highest BCUT2D eigenvalue weighted by Gasteiger charge is 2.17. The van der Waals surface area contributed by atoms with Gasteiger partial charge in [0, 0.05) is 17.3 Å². The second-order valence-corrected chi connectivity index (χ2v) is 6.89. The average molecular weight is 393 g/mol. The molecule has 0 aromatic heterocycles. The van der Waals surface area contributed by atoms with Gasteiger partial charge < -0.3 is 20.1 Å². The maximum Gasteiger partial charge on any atom is 0.243 e. The van der Waals surface area contributed by atoms with E-state index in [-0.39, 0.29) is 24.4 Å². The maximum atomic E-state index is 13.6. The van der Waals surface area contributed by atoms with E-state index in [9.17, 15) is 9.18 Å². The Bertz CT molecular complexity index is 810. The van der Waals surface area contributed by atoms with Crippen LogP contribution in [0.4, 0.5) is 15.8 Å². The SMILES string of the molecule is Cc1ccc(NC(=O)CNc2cc(Cl)ccc2OCC2CCCO2)cc1F. The van der Waals surface area contributed by atoms with Crippen LogP contribution in [0.2, 0.25) is 5.02 Å². The molecule has 1 fully saturated rings. The number of hydrogen-bond acceptors (Lipinski definition) is 4. The van der Waals surface area contributed by atoms with Gasteiger partial charge in [-0.15, -0.1) is 0 Å². The van der Waals surface area contributed by atoms with E-state index in [1.54, 1.807) is 37.3 Å². The number of carbonyl (C=O) groups excluding carboxylic acids is 1. The second kappa shape index (κ2) is 9.06. The van der Waals surface area contributed by atoms with E-state index in [1.807, 2.05) is 0 Å². The summed E-state index contributed by atoms with van der Waals surface area (Å²) in [7, 11) is 0. The summed E-state index contributed by atoms with van der Waals surface area (Å²) in [6.07, 6.45) is 2.11. The zero-order valence-electron chi connectivity index (χ0n) is 15.1. The fourth-order valence-electron chi connectivity index (χ4n) is 2.78. The van der Waals surface area contributed by atoms with Gasteiger partial charge in [0.25, 0.3) is 0 Å². The molecule has 7 heteroatoms. The molecule has 1 unspecified atom stereocenters. The predicted octanol–water partition coefficient (Wildman–Crippen LogP) is 4.40. The first-order chi connectivity index (χ1) is 13.0. The highest BCUT2D eigenvalue weighted by molar-refractivity contribution is 6.30. The zero-order chi connectivity index (χ0) is 19.2. The van der Waals surface area contributed by atoms with Gasteiger partial charge in [-0.2, -0.15) is 0 Å². The highest BCUT2D eigenvalue weighted by Crippen LogP contribution is 2.28. The number of nitrogens with one attached hydrogen (secondary N) is 2. The summed E-state index contributed by atoms with van der Waals surface area (Å²) in [6, 6.07) is 9.76. The first kappa shape index (κ1) is 19.5. The number of rotatable bonds is 7. The molecule has 5 nitrogen and oxygen atoms in total. The Kier molecular flexibility index (Phi) is 6.53. The first-order valence-electron chi connectivity index (χ1n) is 8.85. The molecule has 1 aliphatic heterocycles. The van der Waals surface area contributed by atoms with Crippen molar-refractivity contribution in [2.75, 3.05) is 30.4 Å². The second-order valence-electron chi connectivity index (χ2n) is 6.45. The Hall–Kier alpha value is -2.31. The summed E-state index contributed by atoms with van der Waals surface area (Å²) in [5, 5.41) is 6.21. The number of halogens is 2. The lowest BCUT2D eigenvalue weighted by Gasteiger charge is -2.16. The lowest BCUT2D eigenvalue weighted by molar-refractivity contribution is -0.114. The molecule has 1 saturated heterocycles. The molecule has 144 valence electrons. The smallest absolute Gasteiger partial charge is 0.243 e. The minimum absolute atomic E-state index is 0.00781. The molecule has 27 heavy (non-hydrogen) atoms. The lowest BCUT2D eigenvalue weighted by Crippen LogP contribution is -2.22. The molecule has 3 rings (SSSR count). The van der Waals surface area contributed by atoms with Crippen LogP contribution in [0.1, 0.15) is 18.4 Å². The third kappa shape index (κ3) is 5.58. The van der Waals surface area contributed by atoms with Gasteiger partial charge in [-0.3, -0.25) is 4.79 Å². The summed E-state index contributed by atoms with van der Waals surface area (Å²) in [5.74, 6) is -0.0622. The summed E-state index contributed by atoms with van der Waals surface area (Å²) in [5.41, 5.74) is 1.55. The van der Waals surface area contributed by atoms with Crippen LogP contribution < -0.4 is 15.4 Å². The van der Waals surface area contributed by atoms with Crippen LogP contribution in [0, 0.1) is 12.7 Å². The third-order valence-corrected chi connectivity index (χ3v) is 4.52.